The largest absolute Gasteiger partial charge is 0.482 e. The van der Waals surface area contributed by atoms with Crippen LogP contribution in [0.2, 0.25) is 0 Å². The first kappa shape index (κ1) is 17.4. The smallest absolute Gasteiger partial charge is 0.267 e. The molecular formula is C19H21N3O5. The molecule has 0 bridgehead atoms. The average Bonchev–Trinajstić information content (AvgIpc) is 3.16. The molecule has 8 heteroatoms. The van der Waals surface area contributed by atoms with Crippen LogP contribution in [-0.4, -0.2) is 59.5 Å². The van der Waals surface area contributed by atoms with Crippen LogP contribution in [0.15, 0.2) is 36.4 Å². The van der Waals surface area contributed by atoms with Crippen molar-refractivity contribution in [1.82, 2.24) is 15.1 Å². The highest BCUT2D eigenvalue weighted by Gasteiger charge is 2.39. The Morgan fingerprint density at radius 2 is 1.81 bits per heavy atom. The number of ether oxygens (including phenoxy) is 4. The number of hydrogen-bond acceptors (Lipinski definition) is 7. The van der Waals surface area contributed by atoms with Crippen LogP contribution < -0.4 is 18.9 Å². The van der Waals surface area contributed by atoms with Crippen molar-refractivity contribution in [2.75, 3.05) is 20.2 Å². The zero-order chi connectivity index (χ0) is 18.8. The third-order valence-electron chi connectivity index (χ3n) is 4.65. The lowest BCUT2D eigenvalue weighted by Crippen LogP contribution is -2.50. The molecule has 8 nitrogen and oxygen atoms in total. The van der Waals surface area contributed by atoms with Crippen LogP contribution in [0.4, 0.5) is 0 Å². The van der Waals surface area contributed by atoms with Gasteiger partial charge in [-0.3, -0.25) is 4.79 Å². The lowest BCUT2D eigenvalue weighted by molar-refractivity contribution is -0.143. The van der Waals surface area contributed by atoms with Crippen molar-refractivity contribution in [3.8, 4) is 23.3 Å². The monoisotopic (exact) mass is 371 g/mol. The summed E-state index contributed by atoms with van der Waals surface area (Å²) in [5.74, 6) is 2.00. The molecule has 2 aliphatic rings. The van der Waals surface area contributed by atoms with Crippen molar-refractivity contribution < 1.29 is 23.7 Å². The van der Waals surface area contributed by atoms with E-state index in [1.165, 1.54) is 7.11 Å². The van der Waals surface area contributed by atoms with Gasteiger partial charge in [0.05, 0.1) is 13.7 Å². The number of aromatic nitrogens is 2. The van der Waals surface area contributed by atoms with Gasteiger partial charge in [-0.15, -0.1) is 10.2 Å². The van der Waals surface area contributed by atoms with Crippen LogP contribution in [0.5, 0.6) is 23.3 Å². The maximum absolute atomic E-state index is 12.9. The number of likely N-dealkylation sites (tertiary alicyclic amines) is 1. The second-order valence-corrected chi connectivity index (χ2v) is 6.53. The Kier molecular flexibility index (Phi) is 4.70. The van der Waals surface area contributed by atoms with Gasteiger partial charge in [0.25, 0.3) is 5.91 Å². The number of fused-ring (bicyclic) bond motifs is 1. The number of carbonyl (C=O) groups is 1. The Hall–Kier alpha value is -3.03. The highest BCUT2D eigenvalue weighted by molar-refractivity contribution is 5.82. The molecule has 3 unspecified atom stereocenters. The molecule has 1 aromatic carbocycles. The molecule has 4 rings (SSSR count). The second-order valence-electron chi connectivity index (χ2n) is 6.53. The molecule has 0 aliphatic carbocycles. The average molecular weight is 371 g/mol. The maximum atomic E-state index is 12.9. The quantitative estimate of drug-likeness (QED) is 0.809. The van der Waals surface area contributed by atoms with Gasteiger partial charge in [-0.1, -0.05) is 12.1 Å². The minimum atomic E-state index is -0.667. The molecule has 1 amide bonds. The molecule has 27 heavy (non-hydrogen) atoms. The Morgan fingerprint density at radius 3 is 2.52 bits per heavy atom. The summed E-state index contributed by atoms with van der Waals surface area (Å²) in [7, 11) is 1.53. The number of hydrogen-bond donors (Lipinski definition) is 0. The zero-order valence-corrected chi connectivity index (χ0v) is 15.2. The Morgan fingerprint density at radius 1 is 1.11 bits per heavy atom. The van der Waals surface area contributed by atoms with Gasteiger partial charge < -0.3 is 23.8 Å². The van der Waals surface area contributed by atoms with Gasteiger partial charge in [0.2, 0.25) is 17.9 Å². The van der Waals surface area contributed by atoms with E-state index in [1.807, 2.05) is 25.1 Å². The molecule has 0 radical (unpaired) electrons. The zero-order valence-electron chi connectivity index (χ0n) is 15.2. The van der Waals surface area contributed by atoms with Crippen LogP contribution in [0.3, 0.4) is 0 Å². The first-order valence-corrected chi connectivity index (χ1v) is 8.89. The van der Waals surface area contributed by atoms with Crippen LogP contribution in [0.25, 0.3) is 0 Å². The number of methoxy groups -OCH3 is 1. The van der Waals surface area contributed by atoms with E-state index in [0.717, 1.165) is 6.42 Å². The third-order valence-corrected chi connectivity index (χ3v) is 4.65. The van der Waals surface area contributed by atoms with Crippen molar-refractivity contribution in [2.24, 2.45) is 0 Å². The maximum Gasteiger partial charge on any atom is 0.267 e. The number of carbonyl (C=O) groups excluding carboxylic acids is 1. The predicted octanol–water partition coefficient (Wildman–Crippen LogP) is 1.69. The van der Waals surface area contributed by atoms with Crippen LogP contribution in [0, 0.1) is 0 Å². The molecule has 2 aromatic rings. The summed E-state index contributed by atoms with van der Waals surface area (Å²) in [5, 5.41) is 7.85. The van der Waals surface area contributed by atoms with Gasteiger partial charge in [-0.05, 0) is 19.1 Å². The molecule has 2 aliphatic heterocycles. The molecule has 1 aromatic heterocycles. The summed E-state index contributed by atoms with van der Waals surface area (Å²) in [6.45, 7) is 2.91. The van der Waals surface area contributed by atoms with Crippen molar-refractivity contribution in [3.63, 3.8) is 0 Å². The first-order chi connectivity index (χ1) is 13.1. The number of para-hydroxylation sites is 2. The molecular weight excluding hydrogens is 350 g/mol. The first-order valence-electron chi connectivity index (χ1n) is 8.89. The second kappa shape index (κ2) is 7.30. The molecule has 1 saturated heterocycles. The fraction of sp³-hybridized carbons (Fsp3) is 0.421. The van der Waals surface area contributed by atoms with E-state index in [4.69, 9.17) is 18.9 Å². The number of rotatable bonds is 4. The van der Waals surface area contributed by atoms with E-state index >= 15 is 0 Å². The molecule has 142 valence electrons. The lowest BCUT2D eigenvalue weighted by atomic mass is 10.1. The van der Waals surface area contributed by atoms with Crippen molar-refractivity contribution >= 4 is 5.91 Å². The molecule has 0 spiro atoms. The van der Waals surface area contributed by atoms with Gasteiger partial charge in [0, 0.05) is 25.1 Å². The molecule has 1 fully saturated rings. The van der Waals surface area contributed by atoms with E-state index in [2.05, 4.69) is 10.2 Å². The minimum Gasteiger partial charge on any atom is -0.482 e. The van der Waals surface area contributed by atoms with Crippen molar-refractivity contribution in [1.29, 1.82) is 0 Å². The Labute approximate surface area is 157 Å². The van der Waals surface area contributed by atoms with Gasteiger partial charge in [0.1, 0.15) is 12.2 Å². The molecule has 3 heterocycles. The molecule has 3 atom stereocenters. The van der Waals surface area contributed by atoms with Gasteiger partial charge in [0.15, 0.2) is 11.5 Å². The number of benzene rings is 1. The predicted molar refractivity (Wildman–Crippen MR) is 95.1 cm³/mol. The standard InChI is InChI=1S/C19H21N3O5/c1-12-18(27-15-6-4-3-5-14(15)25-12)19(23)22-10-9-13(11-22)26-17-8-7-16(24-2)20-21-17/h3-8,12-13,18H,9-11H2,1-2H3. The van der Waals surface area contributed by atoms with Crippen LogP contribution in [0.1, 0.15) is 13.3 Å². The fourth-order valence-corrected chi connectivity index (χ4v) is 3.25. The van der Waals surface area contributed by atoms with E-state index < -0.39 is 6.10 Å². The lowest BCUT2D eigenvalue weighted by Gasteiger charge is -2.33. The molecule has 0 N–H and O–H groups in total. The Balaban J connectivity index is 1.37. The third kappa shape index (κ3) is 3.60. The number of amides is 1. The van der Waals surface area contributed by atoms with Crippen molar-refractivity contribution in [3.05, 3.63) is 36.4 Å². The highest BCUT2D eigenvalue weighted by atomic mass is 16.6. The van der Waals surface area contributed by atoms with Gasteiger partial charge >= 0.3 is 0 Å². The summed E-state index contributed by atoms with van der Waals surface area (Å²) in [6.07, 6.45) is -0.444. The highest BCUT2D eigenvalue weighted by Crippen LogP contribution is 2.34. The fourth-order valence-electron chi connectivity index (χ4n) is 3.25. The summed E-state index contributed by atoms with van der Waals surface area (Å²) >= 11 is 0. The van der Waals surface area contributed by atoms with Gasteiger partial charge in [-0.25, -0.2) is 0 Å². The summed E-state index contributed by atoms with van der Waals surface area (Å²) < 4.78 is 22.6. The van der Waals surface area contributed by atoms with Crippen molar-refractivity contribution in [2.45, 2.75) is 31.7 Å². The SMILES string of the molecule is COc1ccc(OC2CCN(C(=O)C3Oc4ccccc4OC3C)C2)nn1. The van der Waals surface area contributed by atoms with E-state index in [0.29, 0.717) is 36.3 Å². The topological polar surface area (TPSA) is 83.0 Å². The summed E-state index contributed by atoms with van der Waals surface area (Å²) in [6, 6.07) is 10.8. The normalized spacial score (nSPS) is 23.8. The summed E-state index contributed by atoms with van der Waals surface area (Å²) in [4.78, 5) is 14.7. The van der Waals surface area contributed by atoms with Gasteiger partial charge in [-0.2, -0.15) is 0 Å². The molecule has 0 saturated carbocycles. The van der Waals surface area contributed by atoms with Crippen LogP contribution in [-0.2, 0) is 4.79 Å². The van der Waals surface area contributed by atoms with Crippen LogP contribution >= 0.6 is 0 Å². The number of nitrogens with zero attached hydrogens (tertiary/aromatic N) is 3. The van der Waals surface area contributed by atoms with E-state index in [1.54, 1.807) is 23.1 Å². The van der Waals surface area contributed by atoms with E-state index in [-0.39, 0.29) is 18.1 Å². The Bertz CT molecular complexity index is 813. The summed E-state index contributed by atoms with van der Waals surface area (Å²) in [5.41, 5.74) is 0. The van der Waals surface area contributed by atoms with E-state index in [9.17, 15) is 4.79 Å². The minimum absolute atomic E-state index is 0.0936.